The second-order valence-corrected chi connectivity index (χ2v) is 7.16. The van der Waals surface area contributed by atoms with Crippen molar-refractivity contribution in [2.45, 2.75) is 36.8 Å². The fraction of sp³-hybridized carbons (Fsp3) is 0.381. The fourth-order valence-corrected chi connectivity index (χ4v) is 4.26. The van der Waals surface area contributed by atoms with E-state index in [0.717, 1.165) is 17.7 Å². The van der Waals surface area contributed by atoms with Gasteiger partial charge in [0, 0.05) is 12.0 Å². The van der Waals surface area contributed by atoms with Crippen LogP contribution in [0.2, 0.25) is 0 Å². The van der Waals surface area contributed by atoms with Gasteiger partial charge in [0.1, 0.15) is 24.6 Å². The topological polar surface area (TPSA) is 57.3 Å². The molecule has 1 saturated heterocycles. The van der Waals surface area contributed by atoms with Crippen LogP contribution in [0.15, 0.2) is 54.6 Å². The minimum absolute atomic E-state index is 0.0722. The Balaban J connectivity index is 1.18. The molecule has 0 amide bonds. The lowest BCUT2D eigenvalue weighted by atomic mass is 9.87. The van der Waals surface area contributed by atoms with Crippen molar-refractivity contribution in [1.29, 1.82) is 0 Å². The molecule has 0 bridgehead atoms. The van der Waals surface area contributed by atoms with Gasteiger partial charge in [0.25, 0.3) is 0 Å². The van der Waals surface area contributed by atoms with Gasteiger partial charge in [-0.25, -0.2) is 4.79 Å². The van der Waals surface area contributed by atoms with Crippen molar-refractivity contribution in [2.75, 3.05) is 13.2 Å². The third kappa shape index (κ3) is 2.68. The molecular weight excluding hydrogens is 332 g/mol. The van der Waals surface area contributed by atoms with Crippen LogP contribution in [-0.4, -0.2) is 37.0 Å². The van der Waals surface area contributed by atoms with Gasteiger partial charge < -0.3 is 18.9 Å². The quantitative estimate of drug-likeness (QED) is 0.591. The van der Waals surface area contributed by atoms with Crippen molar-refractivity contribution in [3.8, 4) is 5.75 Å². The van der Waals surface area contributed by atoms with Gasteiger partial charge in [-0.3, -0.25) is 0 Å². The van der Waals surface area contributed by atoms with E-state index in [1.807, 2.05) is 48.5 Å². The molecule has 5 heteroatoms. The molecule has 2 fully saturated rings. The van der Waals surface area contributed by atoms with Crippen molar-refractivity contribution in [1.82, 2.24) is 0 Å². The van der Waals surface area contributed by atoms with Crippen LogP contribution in [0.1, 0.15) is 23.5 Å². The Morgan fingerprint density at radius 1 is 1.12 bits per heavy atom. The fourth-order valence-electron chi connectivity index (χ4n) is 4.26. The highest BCUT2D eigenvalue weighted by molar-refractivity contribution is 5.70. The number of carbonyl (C=O) groups excluding carboxylic acids is 1. The summed E-state index contributed by atoms with van der Waals surface area (Å²) in [6.45, 7) is 0.553. The first kappa shape index (κ1) is 15.9. The summed E-state index contributed by atoms with van der Waals surface area (Å²) in [5, 5.41) is 0. The maximum Gasteiger partial charge on any atom is 0.332 e. The van der Waals surface area contributed by atoms with Gasteiger partial charge in [-0.15, -0.1) is 0 Å². The summed E-state index contributed by atoms with van der Waals surface area (Å²) in [7, 11) is 0. The first-order valence-corrected chi connectivity index (χ1v) is 8.96. The maximum absolute atomic E-state index is 12.0. The smallest absolute Gasteiger partial charge is 0.332 e. The average molecular weight is 352 g/mol. The molecule has 5 rings (SSSR count). The van der Waals surface area contributed by atoms with E-state index in [4.69, 9.17) is 18.9 Å². The van der Waals surface area contributed by atoms with Crippen molar-refractivity contribution in [3.05, 3.63) is 65.7 Å². The number of ether oxygens (including phenoxy) is 4. The minimum atomic E-state index is -0.420. The first-order valence-electron chi connectivity index (χ1n) is 8.96. The van der Waals surface area contributed by atoms with E-state index >= 15 is 0 Å². The van der Waals surface area contributed by atoms with Crippen LogP contribution in [0.5, 0.6) is 5.75 Å². The summed E-state index contributed by atoms with van der Waals surface area (Å²) in [6.07, 6.45) is 1.27. The summed E-state index contributed by atoms with van der Waals surface area (Å²) in [4.78, 5) is 12.0. The van der Waals surface area contributed by atoms with E-state index in [1.54, 1.807) is 0 Å². The third-order valence-electron chi connectivity index (χ3n) is 5.44. The number of esters is 1. The molecule has 2 aliphatic heterocycles. The molecule has 3 aliphatic rings. The van der Waals surface area contributed by atoms with E-state index in [1.165, 1.54) is 5.56 Å². The zero-order chi connectivity index (χ0) is 17.6. The standard InChI is InChI=1S/C21H20O5/c22-18(24-11-14-6-2-1-3-7-14)12-23-13-21-10-17-20(25-17)19(21)15-8-4-5-9-16(15)26-21/h1-9,17,19-20H,10-13H2/t17-,19?,20-,21?/m1/s1. The molecule has 0 spiro atoms. The Morgan fingerprint density at radius 3 is 2.81 bits per heavy atom. The number of epoxide rings is 1. The Kier molecular flexibility index (Phi) is 3.72. The number of benzene rings is 2. The van der Waals surface area contributed by atoms with Crippen LogP contribution in [0.25, 0.3) is 0 Å². The summed E-state index contributed by atoms with van der Waals surface area (Å²) < 4.78 is 23.0. The zero-order valence-corrected chi connectivity index (χ0v) is 14.3. The van der Waals surface area contributed by atoms with Gasteiger partial charge in [0.15, 0.2) is 0 Å². The molecule has 4 atom stereocenters. The van der Waals surface area contributed by atoms with Crippen molar-refractivity contribution in [2.24, 2.45) is 0 Å². The molecule has 0 radical (unpaired) electrons. The number of rotatable bonds is 6. The zero-order valence-electron chi connectivity index (χ0n) is 14.3. The SMILES string of the molecule is O=C(COCC12C[C@H]3O[C@H]3C1c1ccccc1O2)OCc1ccccc1. The van der Waals surface area contributed by atoms with E-state index in [2.05, 4.69) is 6.07 Å². The summed E-state index contributed by atoms with van der Waals surface area (Å²) in [5.41, 5.74) is 1.73. The summed E-state index contributed by atoms with van der Waals surface area (Å²) >= 11 is 0. The Hall–Kier alpha value is -2.37. The molecule has 5 nitrogen and oxygen atoms in total. The largest absolute Gasteiger partial charge is 0.484 e. The molecular formula is C21H20O5. The van der Waals surface area contributed by atoms with E-state index < -0.39 is 5.60 Å². The predicted octanol–water partition coefficient (Wildman–Crippen LogP) is 2.83. The maximum atomic E-state index is 12.0. The molecule has 2 unspecified atom stereocenters. The normalized spacial score (nSPS) is 30.1. The number of carbonyl (C=O) groups is 1. The minimum Gasteiger partial charge on any atom is -0.484 e. The van der Waals surface area contributed by atoms with Crippen molar-refractivity contribution < 1.29 is 23.7 Å². The highest BCUT2D eigenvalue weighted by Gasteiger charge is 2.68. The molecule has 134 valence electrons. The van der Waals surface area contributed by atoms with Gasteiger partial charge in [0.05, 0.1) is 24.7 Å². The molecule has 1 aliphatic carbocycles. The van der Waals surface area contributed by atoms with Crippen LogP contribution in [-0.2, 0) is 25.6 Å². The Morgan fingerprint density at radius 2 is 1.92 bits per heavy atom. The molecule has 26 heavy (non-hydrogen) atoms. The van der Waals surface area contributed by atoms with Crippen LogP contribution in [0.3, 0.4) is 0 Å². The van der Waals surface area contributed by atoms with Crippen LogP contribution in [0.4, 0.5) is 0 Å². The summed E-state index contributed by atoms with van der Waals surface area (Å²) in [5.74, 6) is 0.725. The van der Waals surface area contributed by atoms with E-state index in [0.29, 0.717) is 6.61 Å². The molecule has 0 N–H and O–H groups in total. The summed E-state index contributed by atoms with van der Waals surface area (Å²) in [6, 6.07) is 17.7. The lowest BCUT2D eigenvalue weighted by Crippen LogP contribution is -2.42. The van der Waals surface area contributed by atoms with Crippen LogP contribution >= 0.6 is 0 Å². The second kappa shape index (κ2) is 6.11. The molecule has 2 aromatic carbocycles. The van der Waals surface area contributed by atoms with Gasteiger partial charge in [0.2, 0.25) is 0 Å². The highest BCUT2D eigenvalue weighted by Crippen LogP contribution is 2.61. The lowest BCUT2D eigenvalue weighted by Gasteiger charge is -2.30. The molecule has 0 aromatic heterocycles. The molecule has 2 heterocycles. The van der Waals surface area contributed by atoms with Gasteiger partial charge in [-0.1, -0.05) is 48.5 Å². The molecule has 2 aromatic rings. The van der Waals surface area contributed by atoms with Crippen LogP contribution in [0, 0.1) is 0 Å². The van der Waals surface area contributed by atoms with Crippen molar-refractivity contribution >= 4 is 5.97 Å². The first-order chi connectivity index (χ1) is 12.8. The van der Waals surface area contributed by atoms with Crippen molar-refractivity contribution in [3.63, 3.8) is 0 Å². The van der Waals surface area contributed by atoms with Crippen LogP contribution < -0.4 is 4.74 Å². The van der Waals surface area contributed by atoms with E-state index in [9.17, 15) is 4.79 Å². The van der Waals surface area contributed by atoms with Gasteiger partial charge in [-0.2, -0.15) is 0 Å². The third-order valence-corrected chi connectivity index (χ3v) is 5.44. The number of hydrogen-bond acceptors (Lipinski definition) is 5. The number of para-hydroxylation sites is 1. The monoisotopic (exact) mass is 352 g/mol. The van der Waals surface area contributed by atoms with Gasteiger partial charge >= 0.3 is 5.97 Å². The Labute approximate surface area is 151 Å². The number of hydrogen-bond donors (Lipinski definition) is 0. The average Bonchev–Trinajstić information content (AvgIpc) is 3.21. The second-order valence-electron chi connectivity index (χ2n) is 7.16. The highest BCUT2D eigenvalue weighted by atomic mass is 16.6. The lowest BCUT2D eigenvalue weighted by molar-refractivity contribution is -0.152. The predicted molar refractivity (Wildman–Crippen MR) is 92.9 cm³/mol. The number of fused-ring (bicyclic) bond motifs is 5. The Bertz CT molecular complexity index is 820. The van der Waals surface area contributed by atoms with E-state index in [-0.39, 0.29) is 37.3 Å². The van der Waals surface area contributed by atoms with Gasteiger partial charge in [-0.05, 0) is 11.6 Å². The molecule has 1 saturated carbocycles.